The van der Waals surface area contributed by atoms with Crippen molar-refractivity contribution in [2.24, 2.45) is 0 Å². The average Bonchev–Trinajstić information content (AvgIpc) is 2.85. The Bertz CT molecular complexity index is 1450. The van der Waals surface area contributed by atoms with E-state index in [9.17, 15) is 5.11 Å². The van der Waals surface area contributed by atoms with E-state index < -0.39 is 0 Å². The number of aryl methyl sites for hydroxylation is 2. The van der Waals surface area contributed by atoms with Gasteiger partial charge in [-0.3, -0.25) is 0 Å². The Labute approximate surface area is 203 Å². The third-order valence-electron chi connectivity index (χ3n) is 5.60. The topological polar surface area (TPSA) is 58.9 Å². The van der Waals surface area contributed by atoms with Crippen molar-refractivity contribution in [3.63, 3.8) is 0 Å². The van der Waals surface area contributed by atoms with E-state index in [0.29, 0.717) is 17.1 Å². The first-order chi connectivity index (χ1) is 16.6. The van der Waals surface area contributed by atoms with Crippen molar-refractivity contribution in [3.8, 4) is 39.7 Å². The zero-order valence-corrected chi connectivity index (χ0v) is 19.8. The van der Waals surface area contributed by atoms with Gasteiger partial charge in [-0.15, -0.1) is 0 Å². The third kappa shape index (κ3) is 4.56. The maximum absolute atomic E-state index is 10.5. The number of hydrogen-bond donors (Lipinski definition) is 1. The number of aromatic nitrogens is 3. The number of aromatic hydroxyl groups is 1. The molecule has 0 bridgehead atoms. The fourth-order valence-corrected chi connectivity index (χ4v) is 4.81. The molecule has 0 aliphatic carbocycles. The van der Waals surface area contributed by atoms with Gasteiger partial charge in [-0.2, -0.15) is 0 Å². The maximum Gasteiger partial charge on any atom is 0.160 e. The molecular weight excluding hydrogens is 438 g/mol. The molecule has 0 aliphatic heterocycles. The molecule has 5 heteroatoms. The van der Waals surface area contributed by atoms with Crippen LogP contribution in [0.15, 0.2) is 107 Å². The largest absolute Gasteiger partial charge is 0.507 e. The van der Waals surface area contributed by atoms with Crippen molar-refractivity contribution < 1.29 is 5.11 Å². The molecule has 5 rings (SSSR count). The summed E-state index contributed by atoms with van der Waals surface area (Å²) in [6, 6.07) is 29.5. The second kappa shape index (κ2) is 9.49. The minimum atomic E-state index is 0.194. The van der Waals surface area contributed by atoms with Gasteiger partial charge in [0, 0.05) is 27.8 Å². The molecule has 0 amide bonds. The van der Waals surface area contributed by atoms with Crippen molar-refractivity contribution in [3.05, 3.63) is 108 Å². The van der Waals surface area contributed by atoms with Gasteiger partial charge in [0.05, 0.1) is 11.4 Å². The summed E-state index contributed by atoms with van der Waals surface area (Å²) < 4.78 is 0. The van der Waals surface area contributed by atoms with E-state index in [1.165, 1.54) is 0 Å². The van der Waals surface area contributed by atoms with Crippen LogP contribution in [0, 0.1) is 13.8 Å². The van der Waals surface area contributed by atoms with Crippen molar-refractivity contribution in [1.29, 1.82) is 0 Å². The van der Waals surface area contributed by atoms with Crippen LogP contribution in [0.5, 0.6) is 5.75 Å². The number of phenolic OH excluding ortho intramolecular Hbond substituents is 1. The monoisotopic (exact) mass is 461 g/mol. The van der Waals surface area contributed by atoms with Gasteiger partial charge in [-0.05, 0) is 67.4 Å². The average molecular weight is 462 g/mol. The van der Waals surface area contributed by atoms with E-state index in [2.05, 4.69) is 49.2 Å². The lowest BCUT2D eigenvalue weighted by atomic mass is 9.98. The number of hydrogen-bond acceptors (Lipinski definition) is 5. The molecule has 4 nitrogen and oxygen atoms in total. The molecule has 0 fully saturated rings. The molecule has 5 aromatic rings. The first-order valence-corrected chi connectivity index (χ1v) is 11.8. The maximum atomic E-state index is 10.5. The lowest BCUT2D eigenvalue weighted by molar-refractivity contribution is 0.477. The highest BCUT2D eigenvalue weighted by molar-refractivity contribution is 7.99. The van der Waals surface area contributed by atoms with Gasteiger partial charge >= 0.3 is 0 Å². The Morgan fingerprint density at radius 2 is 1.44 bits per heavy atom. The van der Waals surface area contributed by atoms with Gasteiger partial charge in [0.1, 0.15) is 10.8 Å². The van der Waals surface area contributed by atoms with Crippen LogP contribution in [0.2, 0.25) is 0 Å². The molecule has 166 valence electrons. The van der Waals surface area contributed by atoms with Crippen LogP contribution in [0.4, 0.5) is 0 Å². The third-order valence-corrected chi connectivity index (χ3v) is 6.54. The van der Waals surface area contributed by atoms with Gasteiger partial charge in [-0.25, -0.2) is 15.0 Å². The summed E-state index contributed by atoms with van der Waals surface area (Å²) in [4.78, 5) is 15.3. The summed E-state index contributed by atoms with van der Waals surface area (Å²) in [7, 11) is 0. The SMILES string of the molecule is Cc1cccc(C)c1-c1cc(-c2ccccc2O)nc(-c2cccc(Sc3ccccn3)c2)n1. The summed E-state index contributed by atoms with van der Waals surface area (Å²) in [5, 5.41) is 11.5. The lowest BCUT2D eigenvalue weighted by Gasteiger charge is -2.14. The van der Waals surface area contributed by atoms with E-state index in [-0.39, 0.29) is 5.75 Å². The minimum absolute atomic E-state index is 0.194. The molecule has 0 saturated heterocycles. The first-order valence-electron chi connectivity index (χ1n) is 11.0. The van der Waals surface area contributed by atoms with Gasteiger partial charge in [0.15, 0.2) is 5.82 Å². The molecule has 3 aromatic carbocycles. The van der Waals surface area contributed by atoms with Crippen LogP contribution in [-0.4, -0.2) is 20.1 Å². The zero-order valence-electron chi connectivity index (χ0n) is 18.9. The Morgan fingerprint density at radius 1 is 0.706 bits per heavy atom. The van der Waals surface area contributed by atoms with Crippen LogP contribution in [0.3, 0.4) is 0 Å². The molecule has 0 radical (unpaired) electrons. The lowest BCUT2D eigenvalue weighted by Crippen LogP contribution is -1.98. The summed E-state index contributed by atoms with van der Waals surface area (Å²) >= 11 is 1.60. The van der Waals surface area contributed by atoms with E-state index in [4.69, 9.17) is 9.97 Å². The van der Waals surface area contributed by atoms with E-state index in [0.717, 1.165) is 37.9 Å². The fourth-order valence-electron chi connectivity index (χ4n) is 3.98. The molecule has 0 atom stereocenters. The number of para-hydroxylation sites is 1. The Morgan fingerprint density at radius 3 is 2.21 bits per heavy atom. The molecule has 34 heavy (non-hydrogen) atoms. The molecule has 1 N–H and O–H groups in total. The van der Waals surface area contributed by atoms with Crippen LogP contribution in [-0.2, 0) is 0 Å². The normalized spacial score (nSPS) is 10.9. The highest BCUT2D eigenvalue weighted by Gasteiger charge is 2.15. The highest BCUT2D eigenvalue weighted by atomic mass is 32.2. The highest BCUT2D eigenvalue weighted by Crippen LogP contribution is 2.35. The molecule has 0 saturated carbocycles. The van der Waals surface area contributed by atoms with Crippen LogP contribution in [0.1, 0.15) is 11.1 Å². The summed E-state index contributed by atoms with van der Waals surface area (Å²) in [6.45, 7) is 4.18. The Balaban J connectivity index is 1.66. The zero-order chi connectivity index (χ0) is 23.5. The fraction of sp³-hybridized carbons (Fsp3) is 0.0690. The Hall–Kier alpha value is -3.96. The van der Waals surface area contributed by atoms with Crippen molar-refractivity contribution >= 4 is 11.8 Å². The van der Waals surface area contributed by atoms with Crippen LogP contribution < -0.4 is 0 Å². The van der Waals surface area contributed by atoms with E-state index in [1.54, 1.807) is 24.0 Å². The predicted octanol–water partition coefficient (Wildman–Crippen LogP) is 7.35. The van der Waals surface area contributed by atoms with Gasteiger partial charge < -0.3 is 5.11 Å². The predicted molar refractivity (Wildman–Crippen MR) is 138 cm³/mol. The minimum Gasteiger partial charge on any atom is -0.507 e. The molecule has 2 aromatic heterocycles. The van der Waals surface area contributed by atoms with Gasteiger partial charge in [0.25, 0.3) is 0 Å². The quantitative estimate of drug-likeness (QED) is 0.297. The van der Waals surface area contributed by atoms with Gasteiger partial charge in [-0.1, -0.05) is 60.3 Å². The smallest absolute Gasteiger partial charge is 0.160 e. The first kappa shape index (κ1) is 21.9. The van der Waals surface area contributed by atoms with Gasteiger partial charge in [0.2, 0.25) is 0 Å². The standard InChI is InChI=1S/C29H23N3OS/c1-19-9-7-10-20(2)28(19)25-18-24(23-13-3-4-14-26(23)33)31-29(32-25)21-11-8-12-22(17-21)34-27-15-5-6-16-30-27/h3-18,33H,1-2H3. The number of rotatable bonds is 5. The van der Waals surface area contributed by atoms with Crippen molar-refractivity contribution in [2.45, 2.75) is 23.8 Å². The van der Waals surface area contributed by atoms with E-state index in [1.807, 2.05) is 54.6 Å². The summed E-state index contributed by atoms with van der Waals surface area (Å²) in [5.41, 5.74) is 6.48. The van der Waals surface area contributed by atoms with Crippen molar-refractivity contribution in [1.82, 2.24) is 15.0 Å². The summed E-state index contributed by atoms with van der Waals surface area (Å²) in [5.74, 6) is 0.806. The van der Waals surface area contributed by atoms with Crippen LogP contribution >= 0.6 is 11.8 Å². The van der Waals surface area contributed by atoms with E-state index >= 15 is 0 Å². The molecule has 0 unspecified atom stereocenters. The number of pyridine rings is 1. The molecule has 0 aliphatic rings. The van der Waals surface area contributed by atoms with Crippen LogP contribution in [0.25, 0.3) is 33.9 Å². The number of benzene rings is 3. The van der Waals surface area contributed by atoms with Crippen molar-refractivity contribution in [2.75, 3.05) is 0 Å². The molecule has 0 spiro atoms. The summed E-state index contributed by atoms with van der Waals surface area (Å²) in [6.07, 6.45) is 1.79. The number of nitrogens with zero attached hydrogens (tertiary/aromatic N) is 3. The Kier molecular flexibility index (Phi) is 6.11. The number of phenols is 1. The second-order valence-electron chi connectivity index (χ2n) is 8.04. The second-order valence-corrected chi connectivity index (χ2v) is 9.14. The molecular formula is C29H23N3OS. The molecule has 2 heterocycles.